The van der Waals surface area contributed by atoms with Gasteiger partial charge in [-0.25, -0.2) is 0 Å². The molecule has 0 heterocycles. The molecule has 0 aromatic heterocycles. The van der Waals surface area contributed by atoms with E-state index in [-0.39, 0.29) is 5.41 Å². The van der Waals surface area contributed by atoms with Gasteiger partial charge in [0, 0.05) is 5.41 Å². The first-order chi connectivity index (χ1) is 10.5. The Morgan fingerprint density at radius 2 is 1.18 bits per heavy atom. The first-order valence-corrected chi connectivity index (χ1v) is 7.51. The Morgan fingerprint density at radius 1 is 0.818 bits per heavy atom. The Morgan fingerprint density at radius 3 is 1.45 bits per heavy atom. The van der Waals surface area contributed by atoms with E-state index in [9.17, 15) is 0 Å². The van der Waals surface area contributed by atoms with Gasteiger partial charge in [0.2, 0.25) is 0 Å². The van der Waals surface area contributed by atoms with Gasteiger partial charge in [-0.05, 0) is 47.7 Å². The second kappa shape index (κ2) is 6.46. The predicted octanol–water partition coefficient (Wildman–Crippen LogP) is 4.78. The SMILES string of the molecule is CC(C)CC(C)(c1ccc(C#N)cc1)c1ccc(C#N)cc1. The molecule has 0 aliphatic rings. The monoisotopic (exact) mass is 288 g/mol. The summed E-state index contributed by atoms with van der Waals surface area (Å²) < 4.78 is 0. The normalized spacial score (nSPS) is 11.0. The van der Waals surface area contributed by atoms with Crippen LogP contribution in [-0.4, -0.2) is 0 Å². The first kappa shape index (κ1) is 15.8. The van der Waals surface area contributed by atoms with Crippen LogP contribution in [0.1, 0.15) is 49.4 Å². The van der Waals surface area contributed by atoms with Crippen molar-refractivity contribution in [2.45, 2.75) is 32.6 Å². The number of nitrogens with zero attached hydrogens (tertiary/aromatic N) is 2. The highest BCUT2D eigenvalue weighted by Crippen LogP contribution is 2.38. The van der Waals surface area contributed by atoms with Crippen LogP contribution in [0, 0.1) is 28.6 Å². The average molecular weight is 288 g/mol. The third-order valence-corrected chi connectivity index (χ3v) is 4.12. The molecule has 110 valence electrons. The van der Waals surface area contributed by atoms with Crippen LogP contribution in [0.4, 0.5) is 0 Å². The topological polar surface area (TPSA) is 47.6 Å². The minimum Gasteiger partial charge on any atom is -0.192 e. The van der Waals surface area contributed by atoms with E-state index < -0.39 is 0 Å². The van der Waals surface area contributed by atoms with Crippen molar-refractivity contribution >= 4 is 0 Å². The van der Waals surface area contributed by atoms with Crippen LogP contribution in [0.15, 0.2) is 48.5 Å². The van der Waals surface area contributed by atoms with Gasteiger partial charge in [0.1, 0.15) is 0 Å². The zero-order chi connectivity index (χ0) is 16.2. The van der Waals surface area contributed by atoms with Crippen molar-refractivity contribution in [1.29, 1.82) is 10.5 Å². The van der Waals surface area contributed by atoms with E-state index >= 15 is 0 Å². The van der Waals surface area contributed by atoms with Crippen molar-refractivity contribution in [3.05, 3.63) is 70.8 Å². The molecule has 0 aliphatic carbocycles. The summed E-state index contributed by atoms with van der Waals surface area (Å²) in [6, 6.07) is 20.0. The highest BCUT2D eigenvalue weighted by atomic mass is 14.3. The maximum atomic E-state index is 8.97. The summed E-state index contributed by atoms with van der Waals surface area (Å²) in [7, 11) is 0. The second-order valence-electron chi connectivity index (χ2n) is 6.31. The molecule has 2 heteroatoms. The average Bonchev–Trinajstić information content (AvgIpc) is 2.54. The zero-order valence-electron chi connectivity index (χ0n) is 13.3. The van der Waals surface area contributed by atoms with Crippen LogP contribution in [0.25, 0.3) is 0 Å². The van der Waals surface area contributed by atoms with E-state index in [4.69, 9.17) is 10.5 Å². The lowest BCUT2D eigenvalue weighted by molar-refractivity contribution is 0.427. The molecule has 0 saturated heterocycles. The lowest BCUT2D eigenvalue weighted by Crippen LogP contribution is -2.25. The quantitative estimate of drug-likeness (QED) is 0.812. The Labute approximate surface area is 132 Å². The number of benzene rings is 2. The molecule has 0 radical (unpaired) electrons. The molecule has 0 saturated carbocycles. The van der Waals surface area contributed by atoms with E-state index in [1.54, 1.807) is 0 Å². The Hall–Kier alpha value is -2.58. The molecule has 22 heavy (non-hydrogen) atoms. The Balaban J connectivity index is 2.50. The van der Waals surface area contributed by atoms with Gasteiger partial charge < -0.3 is 0 Å². The van der Waals surface area contributed by atoms with Crippen LogP contribution in [0.3, 0.4) is 0 Å². The summed E-state index contributed by atoms with van der Waals surface area (Å²) in [5.41, 5.74) is 3.62. The third-order valence-electron chi connectivity index (χ3n) is 4.12. The van der Waals surface area contributed by atoms with E-state index in [1.165, 1.54) is 11.1 Å². The van der Waals surface area contributed by atoms with Gasteiger partial charge in [-0.3, -0.25) is 0 Å². The third kappa shape index (κ3) is 3.18. The van der Waals surface area contributed by atoms with Crippen LogP contribution in [0.2, 0.25) is 0 Å². The fourth-order valence-electron chi connectivity index (χ4n) is 3.04. The lowest BCUT2D eigenvalue weighted by Gasteiger charge is -2.33. The summed E-state index contributed by atoms with van der Waals surface area (Å²) in [5.74, 6) is 0.538. The number of nitriles is 2. The largest absolute Gasteiger partial charge is 0.192 e. The molecular weight excluding hydrogens is 268 g/mol. The molecule has 0 unspecified atom stereocenters. The molecule has 2 aromatic carbocycles. The summed E-state index contributed by atoms with van der Waals surface area (Å²) in [4.78, 5) is 0. The molecule has 0 aliphatic heterocycles. The van der Waals surface area contributed by atoms with Gasteiger partial charge in [-0.2, -0.15) is 10.5 Å². The van der Waals surface area contributed by atoms with Gasteiger partial charge >= 0.3 is 0 Å². The second-order valence-corrected chi connectivity index (χ2v) is 6.31. The number of hydrogen-bond donors (Lipinski definition) is 0. The predicted molar refractivity (Wildman–Crippen MR) is 88.2 cm³/mol. The standard InChI is InChI=1S/C20H20N2/c1-15(2)12-20(3,18-8-4-16(13-21)5-9-18)19-10-6-17(14-22)7-11-19/h4-11,15H,12H2,1-3H3. The fraction of sp³-hybridized carbons (Fsp3) is 0.300. The highest BCUT2D eigenvalue weighted by molar-refractivity contribution is 5.43. The minimum absolute atomic E-state index is 0.129. The van der Waals surface area contributed by atoms with Crippen molar-refractivity contribution < 1.29 is 0 Å². The molecule has 2 rings (SSSR count). The zero-order valence-corrected chi connectivity index (χ0v) is 13.3. The van der Waals surface area contributed by atoms with Gasteiger partial charge in [0.25, 0.3) is 0 Å². The summed E-state index contributed by atoms with van der Waals surface area (Å²) in [6.07, 6.45) is 1.00. The van der Waals surface area contributed by atoms with Crippen molar-refractivity contribution in [3.63, 3.8) is 0 Å². The number of rotatable bonds is 4. The van der Waals surface area contributed by atoms with E-state index in [0.29, 0.717) is 17.0 Å². The van der Waals surface area contributed by atoms with E-state index in [2.05, 4.69) is 32.9 Å². The van der Waals surface area contributed by atoms with E-state index in [0.717, 1.165) is 6.42 Å². The van der Waals surface area contributed by atoms with Crippen molar-refractivity contribution in [2.75, 3.05) is 0 Å². The van der Waals surface area contributed by atoms with Crippen molar-refractivity contribution in [2.24, 2.45) is 5.92 Å². The Bertz CT molecular complexity index is 653. The van der Waals surface area contributed by atoms with Gasteiger partial charge in [-0.1, -0.05) is 45.0 Å². The minimum atomic E-state index is -0.129. The molecule has 0 spiro atoms. The fourth-order valence-corrected chi connectivity index (χ4v) is 3.04. The van der Waals surface area contributed by atoms with Crippen molar-refractivity contribution in [3.8, 4) is 12.1 Å². The smallest absolute Gasteiger partial charge is 0.0991 e. The van der Waals surface area contributed by atoms with Crippen LogP contribution in [-0.2, 0) is 5.41 Å². The van der Waals surface area contributed by atoms with Crippen LogP contribution < -0.4 is 0 Å². The summed E-state index contributed by atoms with van der Waals surface area (Å²) >= 11 is 0. The van der Waals surface area contributed by atoms with Crippen LogP contribution >= 0.6 is 0 Å². The van der Waals surface area contributed by atoms with Gasteiger partial charge in [-0.15, -0.1) is 0 Å². The molecule has 2 aromatic rings. The molecule has 0 atom stereocenters. The summed E-state index contributed by atoms with van der Waals surface area (Å²) in [6.45, 7) is 6.66. The number of hydrogen-bond acceptors (Lipinski definition) is 2. The van der Waals surface area contributed by atoms with Gasteiger partial charge in [0.15, 0.2) is 0 Å². The van der Waals surface area contributed by atoms with Crippen LogP contribution in [0.5, 0.6) is 0 Å². The highest BCUT2D eigenvalue weighted by Gasteiger charge is 2.29. The maximum Gasteiger partial charge on any atom is 0.0991 e. The molecule has 0 N–H and O–H groups in total. The molecule has 0 amide bonds. The van der Waals surface area contributed by atoms with Gasteiger partial charge in [0.05, 0.1) is 23.3 Å². The summed E-state index contributed by atoms with van der Waals surface area (Å²) in [5, 5.41) is 17.9. The maximum absolute atomic E-state index is 8.97. The van der Waals surface area contributed by atoms with Crippen molar-refractivity contribution in [1.82, 2.24) is 0 Å². The molecule has 2 nitrogen and oxygen atoms in total. The molecule has 0 bridgehead atoms. The molecular formula is C20H20N2. The lowest BCUT2D eigenvalue weighted by atomic mass is 9.71. The Kier molecular flexibility index (Phi) is 4.64. The van der Waals surface area contributed by atoms with E-state index in [1.807, 2.05) is 48.5 Å². The molecule has 0 fully saturated rings. The first-order valence-electron chi connectivity index (χ1n) is 7.51.